The lowest BCUT2D eigenvalue weighted by atomic mass is 10.2. The number of carbonyl (C=O) groups is 1. The molecule has 2 heterocycles. The van der Waals surface area contributed by atoms with Crippen molar-refractivity contribution in [1.29, 1.82) is 0 Å². The second-order valence-corrected chi connectivity index (χ2v) is 7.78. The molecule has 1 aromatic rings. The molecule has 0 spiro atoms. The highest BCUT2D eigenvalue weighted by atomic mass is 32.2. The fraction of sp³-hybridized carbons (Fsp3) is 0.667. The maximum Gasteiger partial charge on any atom is 0.233 e. The van der Waals surface area contributed by atoms with E-state index in [-0.39, 0.29) is 11.9 Å². The van der Waals surface area contributed by atoms with E-state index in [9.17, 15) is 4.79 Å². The third-order valence-corrected chi connectivity index (χ3v) is 5.80. The van der Waals surface area contributed by atoms with Crippen LogP contribution in [-0.4, -0.2) is 40.9 Å². The van der Waals surface area contributed by atoms with E-state index in [1.165, 1.54) is 17.7 Å². The molecular weight excluding hydrogens is 288 g/mol. The van der Waals surface area contributed by atoms with E-state index in [1.807, 2.05) is 22.7 Å². The molecule has 1 N–H and O–H groups in total. The van der Waals surface area contributed by atoms with Crippen LogP contribution >= 0.6 is 23.1 Å². The van der Waals surface area contributed by atoms with Gasteiger partial charge in [0.15, 0.2) is 0 Å². The standard InChI is InChI=1S/C15H24N2OS2/c1-12(2)17(10-14-4-3-9-19-14)15(18)11-20-13-5-7-16-8-6-13/h3-4,9,12-13,16H,5-8,10-11H2,1-2H3. The number of thiophene rings is 1. The summed E-state index contributed by atoms with van der Waals surface area (Å²) >= 11 is 3.56. The topological polar surface area (TPSA) is 32.3 Å². The molecule has 0 radical (unpaired) electrons. The highest BCUT2D eigenvalue weighted by Crippen LogP contribution is 2.22. The molecule has 1 aliphatic rings. The van der Waals surface area contributed by atoms with E-state index in [0.717, 1.165) is 19.6 Å². The first kappa shape index (κ1) is 15.9. The van der Waals surface area contributed by atoms with Crippen molar-refractivity contribution in [1.82, 2.24) is 10.2 Å². The zero-order chi connectivity index (χ0) is 14.4. The highest BCUT2D eigenvalue weighted by Gasteiger charge is 2.20. The molecule has 0 bridgehead atoms. The number of carbonyl (C=O) groups excluding carboxylic acids is 1. The minimum atomic E-state index is 0.262. The molecule has 1 amide bonds. The van der Waals surface area contributed by atoms with Crippen molar-refractivity contribution >= 4 is 29.0 Å². The smallest absolute Gasteiger partial charge is 0.233 e. The van der Waals surface area contributed by atoms with E-state index >= 15 is 0 Å². The number of thioether (sulfide) groups is 1. The molecule has 2 rings (SSSR count). The second kappa shape index (κ2) is 8.05. The highest BCUT2D eigenvalue weighted by molar-refractivity contribution is 8.00. The van der Waals surface area contributed by atoms with Crippen molar-refractivity contribution in [2.75, 3.05) is 18.8 Å². The lowest BCUT2D eigenvalue weighted by Gasteiger charge is -2.28. The van der Waals surface area contributed by atoms with Crippen LogP contribution in [0.2, 0.25) is 0 Å². The van der Waals surface area contributed by atoms with E-state index in [0.29, 0.717) is 11.0 Å². The number of hydrogen-bond acceptors (Lipinski definition) is 4. The average molecular weight is 313 g/mol. The largest absolute Gasteiger partial charge is 0.334 e. The van der Waals surface area contributed by atoms with Gasteiger partial charge in [0.25, 0.3) is 0 Å². The van der Waals surface area contributed by atoms with Gasteiger partial charge in [0, 0.05) is 16.2 Å². The van der Waals surface area contributed by atoms with Gasteiger partial charge in [-0.05, 0) is 51.2 Å². The lowest BCUT2D eigenvalue weighted by molar-refractivity contribution is -0.130. The maximum atomic E-state index is 12.4. The van der Waals surface area contributed by atoms with E-state index < -0.39 is 0 Å². The Morgan fingerprint density at radius 3 is 2.85 bits per heavy atom. The fourth-order valence-corrected chi connectivity index (χ4v) is 4.18. The summed E-state index contributed by atoms with van der Waals surface area (Å²) in [5.74, 6) is 0.894. The van der Waals surface area contributed by atoms with E-state index in [2.05, 4.69) is 30.6 Å². The molecule has 5 heteroatoms. The number of amides is 1. The van der Waals surface area contributed by atoms with Crippen LogP contribution in [0.3, 0.4) is 0 Å². The molecule has 0 unspecified atom stereocenters. The van der Waals surface area contributed by atoms with Gasteiger partial charge in [0.05, 0.1) is 12.3 Å². The Hall–Kier alpha value is -0.520. The minimum Gasteiger partial charge on any atom is -0.334 e. The van der Waals surface area contributed by atoms with E-state index in [4.69, 9.17) is 0 Å². The van der Waals surface area contributed by atoms with E-state index in [1.54, 1.807) is 11.3 Å². The molecule has 3 nitrogen and oxygen atoms in total. The molecule has 20 heavy (non-hydrogen) atoms. The number of hydrogen-bond donors (Lipinski definition) is 1. The molecule has 1 saturated heterocycles. The van der Waals surface area contributed by atoms with Crippen LogP contribution in [0.4, 0.5) is 0 Å². The van der Waals surface area contributed by atoms with Crippen molar-refractivity contribution in [3.63, 3.8) is 0 Å². The van der Waals surface area contributed by atoms with Crippen LogP contribution in [0.5, 0.6) is 0 Å². The molecule has 0 atom stereocenters. The second-order valence-electron chi connectivity index (χ2n) is 5.46. The Morgan fingerprint density at radius 2 is 2.25 bits per heavy atom. The number of nitrogens with one attached hydrogen (secondary N) is 1. The third kappa shape index (κ3) is 4.79. The summed E-state index contributed by atoms with van der Waals surface area (Å²) in [5.41, 5.74) is 0. The molecule has 1 fully saturated rings. The van der Waals surface area contributed by atoms with Gasteiger partial charge in [-0.3, -0.25) is 4.79 Å². The SMILES string of the molecule is CC(C)N(Cc1cccs1)C(=O)CSC1CCNCC1. The maximum absolute atomic E-state index is 12.4. The van der Waals surface area contributed by atoms with Crippen LogP contribution in [0, 0.1) is 0 Å². The number of rotatable bonds is 6. The Morgan fingerprint density at radius 1 is 1.50 bits per heavy atom. The molecule has 0 aromatic carbocycles. The van der Waals surface area contributed by atoms with Crippen LogP contribution in [-0.2, 0) is 11.3 Å². The zero-order valence-electron chi connectivity index (χ0n) is 12.3. The van der Waals surface area contributed by atoms with Crippen molar-refractivity contribution in [3.05, 3.63) is 22.4 Å². The quantitative estimate of drug-likeness (QED) is 0.876. The average Bonchev–Trinajstić information content (AvgIpc) is 2.96. The summed E-state index contributed by atoms with van der Waals surface area (Å²) in [7, 11) is 0. The predicted molar refractivity (Wildman–Crippen MR) is 88.4 cm³/mol. The van der Waals surface area contributed by atoms with Crippen LogP contribution in [0.1, 0.15) is 31.6 Å². The molecular formula is C15H24N2OS2. The first-order valence-electron chi connectivity index (χ1n) is 7.31. The Labute approximate surface area is 130 Å². The lowest BCUT2D eigenvalue weighted by Crippen LogP contribution is -2.38. The Balaban J connectivity index is 1.83. The summed E-state index contributed by atoms with van der Waals surface area (Å²) in [6, 6.07) is 4.42. The Bertz CT molecular complexity index is 400. The fourth-order valence-electron chi connectivity index (χ4n) is 2.36. The summed E-state index contributed by atoms with van der Waals surface area (Å²) in [6.45, 7) is 7.13. The van der Waals surface area contributed by atoms with Gasteiger partial charge in [-0.1, -0.05) is 6.07 Å². The van der Waals surface area contributed by atoms with Gasteiger partial charge in [0.2, 0.25) is 5.91 Å². The summed E-state index contributed by atoms with van der Waals surface area (Å²) in [5, 5.41) is 6.09. The molecule has 0 aliphatic carbocycles. The third-order valence-electron chi connectivity index (χ3n) is 3.58. The van der Waals surface area contributed by atoms with Gasteiger partial charge >= 0.3 is 0 Å². The molecule has 1 aliphatic heterocycles. The van der Waals surface area contributed by atoms with Crippen LogP contribution in [0.25, 0.3) is 0 Å². The van der Waals surface area contributed by atoms with Gasteiger partial charge < -0.3 is 10.2 Å². The van der Waals surface area contributed by atoms with Crippen molar-refractivity contribution in [3.8, 4) is 0 Å². The van der Waals surface area contributed by atoms with Crippen molar-refractivity contribution in [2.45, 2.75) is 44.5 Å². The summed E-state index contributed by atoms with van der Waals surface area (Å²) in [4.78, 5) is 15.7. The molecule has 0 saturated carbocycles. The molecule has 1 aromatic heterocycles. The summed E-state index contributed by atoms with van der Waals surface area (Å²) in [6.07, 6.45) is 2.37. The van der Waals surface area contributed by atoms with Gasteiger partial charge in [-0.15, -0.1) is 23.1 Å². The van der Waals surface area contributed by atoms with Gasteiger partial charge in [-0.25, -0.2) is 0 Å². The zero-order valence-corrected chi connectivity index (χ0v) is 13.9. The summed E-state index contributed by atoms with van der Waals surface area (Å²) < 4.78 is 0. The minimum absolute atomic E-state index is 0.262. The monoisotopic (exact) mass is 312 g/mol. The van der Waals surface area contributed by atoms with Crippen LogP contribution < -0.4 is 5.32 Å². The van der Waals surface area contributed by atoms with Gasteiger partial charge in [0.1, 0.15) is 0 Å². The Kier molecular flexibility index (Phi) is 6.39. The number of piperidine rings is 1. The van der Waals surface area contributed by atoms with Crippen molar-refractivity contribution in [2.24, 2.45) is 0 Å². The first-order valence-corrected chi connectivity index (χ1v) is 9.24. The van der Waals surface area contributed by atoms with Crippen molar-refractivity contribution < 1.29 is 4.79 Å². The normalized spacial score (nSPS) is 16.6. The molecule has 112 valence electrons. The predicted octanol–water partition coefficient (Wildman–Crippen LogP) is 2.97. The first-order chi connectivity index (χ1) is 9.66. The number of nitrogens with zero attached hydrogens (tertiary/aromatic N) is 1. The van der Waals surface area contributed by atoms with Crippen LogP contribution in [0.15, 0.2) is 17.5 Å². The van der Waals surface area contributed by atoms with Gasteiger partial charge in [-0.2, -0.15) is 0 Å².